The number of anilines is 1. The molecule has 0 atom stereocenters. The molecule has 0 unspecified atom stereocenters. The molecule has 0 amide bonds. The predicted molar refractivity (Wildman–Crippen MR) is 111 cm³/mol. The van der Waals surface area contributed by atoms with E-state index in [2.05, 4.69) is 59.5 Å². The van der Waals surface area contributed by atoms with Crippen LogP contribution < -0.4 is 11.1 Å². The summed E-state index contributed by atoms with van der Waals surface area (Å²) in [5.41, 5.74) is 9.88. The van der Waals surface area contributed by atoms with Gasteiger partial charge in [0.05, 0.1) is 6.54 Å². The third-order valence-corrected chi connectivity index (χ3v) is 5.20. The minimum absolute atomic E-state index is 0. The van der Waals surface area contributed by atoms with Crippen LogP contribution in [0.25, 0.3) is 0 Å². The summed E-state index contributed by atoms with van der Waals surface area (Å²) in [5, 5.41) is 13.5. The van der Waals surface area contributed by atoms with Crippen molar-refractivity contribution in [3.63, 3.8) is 0 Å². The van der Waals surface area contributed by atoms with E-state index in [1.807, 2.05) is 0 Å². The van der Waals surface area contributed by atoms with Gasteiger partial charge in [-0.25, -0.2) is 4.99 Å². The first kappa shape index (κ1) is 19.1. The number of aryl methyl sites for hydroxylation is 2. The number of guanidine groups is 1. The highest BCUT2D eigenvalue weighted by Gasteiger charge is 2.19. The number of nitrogens with one attached hydrogen (secondary N) is 1. The normalized spacial score (nSPS) is 14.2. The van der Waals surface area contributed by atoms with Crippen LogP contribution in [0.5, 0.6) is 0 Å². The smallest absolute Gasteiger partial charge is 0.193 e. The molecule has 0 spiro atoms. The van der Waals surface area contributed by atoms with Crippen LogP contribution >= 0.6 is 35.3 Å². The average molecular weight is 457 g/mol. The van der Waals surface area contributed by atoms with Crippen LogP contribution in [0.1, 0.15) is 48.3 Å². The lowest BCUT2D eigenvalue weighted by molar-refractivity contribution is 0.577. The minimum Gasteiger partial charge on any atom is -0.370 e. The van der Waals surface area contributed by atoms with Crippen LogP contribution in [-0.2, 0) is 24.8 Å². The molecule has 1 aromatic heterocycles. The van der Waals surface area contributed by atoms with Gasteiger partial charge in [0.25, 0.3) is 0 Å². The number of nitrogens with two attached hydrogens (primary N) is 1. The molecule has 0 radical (unpaired) electrons. The van der Waals surface area contributed by atoms with Crippen LogP contribution in [0.15, 0.2) is 23.2 Å². The first-order valence-corrected chi connectivity index (χ1v) is 8.75. The Kier molecular flexibility index (Phi) is 6.19. The summed E-state index contributed by atoms with van der Waals surface area (Å²) in [7, 11) is 0. The Morgan fingerprint density at radius 3 is 2.71 bits per heavy atom. The molecule has 1 heterocycles. The van der Waals surface area contributed by atoms with E-state index in [1.54, 1.807) is 11.3 Å². The topological polar surface area (TPSA) is 76.2 Å². The van der Waals surface area contributed by atoms with Gasteiger partial charge in [-0.1, -0.05) is 38.2 Å². The molecule has 2 aromatic rings. The third kappa shape index (κ3) is 4.66. The fourth-order valence-corrected chi connectivity index (χ4v) is 3.43. The van der Waals surface area contributed by atoms with E-state index >= 15 is 0 Å². The van der Waals surface area contributed by atoms with Gasteiger partial charge in [0.1, 0.15) is 10.0 Å². The SMILES string of the molecule is CC(C)(C)c1nnc(CN=C(N)Nc2ccc3c(c2)CCC3)s1.I. The maximum absolute atomic E-state index is 5.99. The maximum atomic E-state index is 5.99. The molecule has 0 bridgehead atoms. The zero-order valence-electron chi connectivity index (χ0n) is 14.3. The standard InChI is InChI=1S/C17H23N5S.HI/c1-17(2,3)15-22-21-14(23-15)10-19-16(18)20-13-8-7-11-5-4-6-12(11)9-13;/h7-9H,4-6,10H2,1-3H3,(H3,18,19,20);1H. The average Bonchev–Trinajstić information content (AvgIpc) is 3.13. The van der Waals surface area contributed by atoms with E-state index in [0.717, 1.165) is 22.1 Å². The maximum Gasteiger partial charge on any atom is 0.193 e. The number of rotatable bonds is 3. The van der Waals surface area contributed by atoms with Gasteiger partial charge >= 0.3 is 0 Å². The van der Waals surface area contributed by atoms with Crippen LogP contribution in [0.3, 0.4) is 0 Å². The summed E-state index contributed by atoms with van der Waals surface area (Å²) in [6.45, 7) is 6.84. The molecule has 1 aliphatic carbocycles. The van der Waals surface area contributed by atoms with E-state index in [4.69, 9.17) is 5.73 Å². The second-order valence-electron chi connectivity index (χ2n) is 6.91. The molecule has 0 fully saturated rings. The van der Waals surface area contributed by atoms with E-state index in [0.29, 0.717) is 12.5 Å². The Bertz CT molecular complexity index is 733. The molecule has 5 nitrogen and oxygen atoms in total. The molecule has 3 N–H and O–H groups in total. The second-order valence-corrected chi connectivity index (χ2v) is 7.98. The van der Waals surface area contributed by atoms with Gasteiger partial charge in [0, 0.05) is 11.1 Å². The van der Waals surface area contributed by atoms with Crippen molar-refractivity contribution < 1.29 is 0 Å². The van der Waals surface area contributed by atoms with Crippen molar-refractivity contribution in [3.8, 4) is 0 Å². The fraction of sp³-hybridized carbons (Fsp3) is 0.471. The number of aromatic nitrogens is 2. The predicted octanol–water partition coefficient (Wildman–Crippen LogP) is 3.87. The molecule has 0 aliphatic heterocycles. The zero-order chi connectivity index (χ0) is 16.4. The molecule has 24 heavy (non-hydrogen) atoms. The van der Waals surface area contributed by atoms with E-state index < -0.39 is 0 Å². The number of aliphatic imine (C=N–C) groups is 1. The number of hydrogen-bond donors (Lipinski definition) is 2. The molecule has 1 aliphatic rings. The van der Waals surface area contributed by atoms with Crippen molar-refractivity contribution in [2.24, 2.45) is 10.7 Å². The molecule has 3 rings (SSSR count). The van der Waals surface area contributed by atoms with Gasteiger partial charge in [0.2, 0.25) is 0 Å². The van der Waals surface area contributed by atoms with E-state index in [1.165, 1.54) is 24.0 Å². The quantitative estimate of drug-likeness (QED) is 0.417. The molecule has 7 heteroatoms. The number of fused-ring (bicyclic) bond motifs is 1. The third-order valence-electron chi connectivity index (χ3n) is 3.86. The Balaban J connectivity index is 0.00000208. The lowest BCUT2D eigenvalue weighted by Crippen LogP contribution is -2.22. The molecule has 0 saturated heterocycles. The number of benzene rings is 1. The van der Waals surface area contributed by atoms with Crippen molar-refractivity contribution in [1.29, 1.82) is 0 Å². The Morgan fingerprint density at radius 2 is 2.00 bits per heavy atom. The molecular formula is C17H24IN5S. The monoisotopic (exact) mass is 457 g/mol. The minimum atomic E-state index is 0. The molecule has 1 aromatic carbocycles. The molecule has 130 valence electrons. The number of nitrogens with zero attached hydrogens (tertiary/aromatic N) is 3. The Morgan fingerprint density at radius 1 is 1.25 bits per heavy atom. The summed E-state index contributed by atoms with van der Waals surface area (Å²) in [6.07, 6.45) is 3.59. The van der Waals surface area contributed by atoms with Gasteiger partial charge < -0.3 is 11.1 Å². The highest BCUT2D eigenvalue weighted by Crippen LogP contribution is 2.26. The summed E-state index contributed by atoms with van der Waals surface area (Å²) in [5.74, 6) is 0.412. The van der Waals surface area contributed by atoms with Crippen LogP contribution in [-0.4, -0.2) is 16.2 Å². The Labute approximate surface area is 164 Å². The van der Waals surface area contributed by atoms with Crippen molar-refractivity contribution >= 4 is 47.0 Å². The largest absolute Gasteiger partial charge is 0.370 e. The summed E-state index contributed by atoms with van der Waals surface area (Å²) >= 11 is 1.59. The summed E-state index contributed by atoms with van der Waals surface area (Å²) in [6, 6.07) is 6.42. The van der Waals surface area contributed by atoms with E-state index in [-0.39, 0.29) is 29.4 Å². The van der Waals surface area contributed by atoms with Crippen molar-refractivity contribution in [1.82, 2.24) is 10.2 Å². The van der Waals surface area contributed by atoms with Gasteiger partial charge in [-0.3, -0.25) is 0 Å². The first-order chi connectivity index (χ1) is 10.9. The zero-order valence-corrected chi connectivity index (χ0v) is 17.4. The fourth-order valence-electron chi connectivity index (χ4n) is 2.61. The highest BCUT2D eigenvalue weighted by atomic mass is 127. The van der Waals surface area contributed by atoms with Crippen molar-refractivity contribution in [2.75, 3.05) is 5.32 Å². The van der Waals surface area contributed by atoms with Crippen LogP contribution in [0, 0.1) is 0 Å². The van der Waals surface area contributed by atoms with Crippen molar-refractivity contribution in [3.05, 3.63) is 39.3 Å². The highest BCUT2D eigenvalue weighted by molar-refractivity contribution is 14.0. The number of halogens is 1. The molecular weight excluding hydrogens is 433 g/mol. The van der Waals surface area contributed by atoms with Gasteiger partial charge in [-0.2, -0.15) is 0 Å². The van der Waals surface area contributed by atoms with Crippen molar-refractivity contribution in [2.45, 2.75) is 52.0 Å². The first-order valence-electron chi connectivity index (χ1n) is 7.93. The lowest BCUT2D eigenvalue weighted by Gasteiger charge is -2.12. The number of hydrogen-bond acceptors (Lipinski definition) is 4. The summed E-state index contributed by atoms with van der Waals surface area (Å²) in [4.78, 5) is 4.37. The molecule has 0 saturated carbocycles. The van der Waals surface area contributed by atoms with Crippen LogP contribution in [0.4, 0.5) is 5.69 Å². The Hall–Kier alpha value is -1.22. The van der Waals surface area contributed by atoms with E-state index in [9.17, 15) is 0 Å². The van der Waals surface area contributed by atoms with Crippen LogP contribution in [0.2, 0.25) is 0 Å². The van der Waals surface area contributed by atoms with Gasteiger partial charge in [-0.05, 0) is 42.5 Å². The lowest BCUT2D eigenvalue weighted by atomic mass is 9.98. The van der Waals surface area contributed by atoms with Gasteiger partial charge in [-0.15, -0.1) is 34.2 Å². The second kappa shape index (κ2) is 7.77. The summed E-state index contributed by atoms with van der Waals surface area (Å²) < 4.78 is 0. The van der Waals surface area contributed by atoms with Gasteiger partial charge in [0.15, 0.2) is 5.96 Å².